The Balaban J connectivity index is 0.00000383. The minimum atomic E-state index is -1.92. The van der Waals surface area contributed by atoms with Gasteiger partial charge in [0.15, 0.2) is 17.7 Å². The number of likely N-dealkylation sites (N-methyl/N-ethyl adjacent to an activating group) is 1. The lowest BCUT2D eigenvalue weighted by molar-refractivity contribution is -0.318. The molecule has 18 atom stereocenters. The van der Waals surface area contributed by atoms with Crippen LogP contribution in [0.4, 0.5) is 0 Å². The van der Waals surface area contributed by atoms with E-state index in [1.165, 1.54) is 14.0 Å². The SMILES string of the molecule is CC[C@H]1OC(=O)[C@H](C)[C@@H](O[C@H]2C[C@@](C)(OC)[C@@H](O)[C@H](C)O2)[C@H](C)[C@@H](O[C@@H]2O[C@H](C)C[C@H](N(C)C)[C@H]2O)[C@](C)(O)C[C@@H](C)CN(CCCNC(=S)NC(c2ccccc2)(c2ccccc2)c2ccccc2)[C@H](C)[C@@H](O)[C@]1(C)O.O=CO. The van der Waals surface area contributed by atoms with Crippen molar-refractivity contribution in [3.05, 3.63) is 108 Å². The summed E-state index contributed by atoms with van der Waals surface area (Å²) in [5.41, 5.74) is -2.44. The molecule has 0 saturated carbocycles. The van der Waals surface area contributed by atoms with Gasteiger partial charge in [0, 0.05) is 51.2 Å². The van der Waals surface area contributed by atoms with E-state index in [0.29, 0.717) is 37.6 Å². The maximum atomic E-state index is 14.7. The zero-order valence-corrected chi connectivity index (χ0v) is 50.1. The summed E-state index contributed by atoms with van der Waals surface area (Å²) in [6.45, 7) is 18.8. The van der Waals surface area contributed by atoms with Crippen molar-refractivity contribution in [3.63, 3.8) is 0 Å². The highest BCUT2D eigenvalue weighted by Crippen LogP contribution is 2.41. The van der Waals surface area contributed by atoms with Crippen molar-refractivity contribution in [1.29, 1.82) is 0 Å². The number of aliphatic hydroxyl groups excluding tert-OH is 3. The lowest BCUT2D eigenvalue weighted by Gasteiger charge is -2.48. The van der Waals surface area contributed by atoms with E-state index < -0.39 is 101 Å². The molecular formula is C61H94N4O14S. The molecule has 3 heterocycles. The van der Waals surface area contributed by atoms with Crippen molar-refractivity contribution in [2.24, 2.45) is 17.8 Å². The van der Waals surface area contributed by atoms with Gasteiger partial charge in [0.1, 0.15) is 35.6 Å². The van der Waals surface area contributed by atoms with Crippen LogP contribution < -0.4 is 10.6 Å². The molecule has 0 spiro atoms. The smallest absolute Gasteiger partial charge is 0.311 e. The summed E-state index contributed by atoms with van der Waals surface area (Å²) in [5.74, 6) is -2.86. The van der Waals surface area contributed by atoms with Crippen LogP contribution in [0.15, 0.2) is 91.0 Å². The molecule has 3 aromatic carbocycles. The number of hydrogen-bond donors (Lipinski definition) is 8. The van der Waals surface area contributed by atoms with E-state index in [4.69, 9.17) is 50.5 Å². The van der Waals surface area contributed by atoms with Crippen molar-refractivity contribution in [3.8, 4) is 0 Å². The number of thiocarbonyl (C=S) groups is 1. The van der Waals surface area contributed by atoms with Gasteiger partial charge >= 0.3 is 5.97 Å². The molecule has 448 valence electrons. The standard InChI is InChI=1S/C60H92N4O12S.CH2O2/c1-14-47-59(10,70)51(66)41(6)64(32-24-31-61-56(77)62-60(43-25-18-15-19-26-43,44-27-20-16-21-28-44)45-29-22-17-23-30-45)36-37(2)34-57(8,69)53(76-55-49(65)46(63(11)12)33-38(3)72-55)39(4)50(40(5)54(68)74-47)75-48-35-58(9,71-13)52(67)42(7)73-48;2-1-3/h15-23,25-30,37-42,46-53,55,65-67,69-70H,14,24,31-36H2,1-13H3,(H2,61,62,77);1H,(H,2,3)/t37-,38-,39+,40-,41-,42+,46+,47-,48+,49-,50+,51-,52+,53-,55+,57-,58-,59-;/m1./s1. The normalized spacial score (nSPS) is 36.0. The number of carboxylic acid groups (broad SMARTS) is 1. The van der Waals surface area contributed by atoms with Crippen molar-refractivity contribution >= 4 is 29.8 Å². The fraction of sp³-hybridized carbons (Fsp3) is 0.656. The van der Waals surface area contributed by atoms with E-state index in [9.17, 15) is 30.3 Å². The maximum absolute atomic E-state index is 14.7. The highest BCUT2D eigenvalue weighted by Gasteiger charge is 2.53. The predicted molar refractivity (Wildman–Crippen MR) is 309 cm³/mol. The largest absolute Gasteiger partial charge is 0.483 e. The van der Waals surface area contributed by atoms with E-state index in [2.05, 4.69) is 51.9 Å². The van der Waals surface area contributed by atoms with Gasteiger partial charge in [-0.2, -0.15) is 0 Å². The fourth-order valence-electron chi connectivity index (χ4n) is 12.4. The van der Waals surface area contributed by atoms with Crippen LogP contribution in [0.5, 0.6) is 0 Å². The van der Waals surface area contributed by atoms with Gasteiger partial charge in [-0.25, -0.2) is 0 Å². The summed E-state index contributed by atoms with van der Waals surface area (Å²) in [6.07, 6.45) is -8.44. The predicted octanol–water partition coefficient (Wildman–Crippen LogP) is 5.82. The molecule has 3 aliphatic rings. The summed E-state index contributed by atoms with van der Waals surface area (Å²) in [5, 5.41) is 75.3. The number of cyclic esters (lactones) is 1. The summed E-state index contributed by atoms with van der Waals surface area (Å²) in [7, 11) is 5.29. The molecule has 0 aliphatic carbocycles. The summed E-state index contributed by atoms with van der Waals surface area (Å²) in [6, 6.07) is 29.7. The van der Waals surface area contributed by atoms with Gasteiger partial charge in [-0.1, -0.05) is 112 Å². The first-order valence-electron chi connectivity index (χ1n) is 28.3. The van der Waals surface area contributed by atoms with E-state index in [1.54, 1.807) is 34.6 Å². The third kappa shape index (κ3) is 15.9. The van der Waals surface area contributed by atoms with Gasteiger partial charge in [-0.15, -0.1) is 0 Å². The first-order chi connectivity index (χ1) is 37.7. The highest BCUT2D eigenvalue weighted by atomic mass is 32.1. The average Bonchev–Trinajstić information content (AvgIpc) is 3.62. The molecule has 6 rings (SSSR count). The first kappa shape index (κ1) is 66.6. The van der Waals surface area contributed by atoms with E-state index >= 15 is 0 Å². The lowest BCUT2D eigenvalue weighted by atomic mass is 9.77. The Bertz CT molecular complexity index is 2260. The first-order valence-corrected chi connectivity index (χ1v) is 28.7. The number of aliphatic hydroxyl groups is 5. The zero-order valence-electron chi connectivity index (χ0n) is 49.3. The van der Waals surface area contributed by atoms with Crippen LogP contribution in [0.3, 0.4) is 0 Å². The second kappa shape index (κ2) is 29.4. The number of carbonyl (C=O) groups excluding carboxylic acids is 1. The molecule has 0 amide bonds. The second-order valence-corrected chi connectivity index (χ2v) is 23.8. The minimum absolute atomic E-state index is 0.102. The number of nitrogens with one attached hydrogen (secondary N) is 2. The van der Waals surface area contributed by atoms with Crippen LogP contribution in [0.25, 0.3) is 0 Å². The quantitative estimate of drug-likeness (QED) is 0.0294. The Morgan fingerprint density at radius 2 is 1.39 bits per heavy atom. The number of ether oxygens (including phenoxy) is 6. The molecule has 80 heavy (non-hydrogen) atoms. The summed E-state index contributed by atoms with van der Waals surface area (Å²) < 4.78 is 38.5. The molecule has 19 heteroatoms. The van der Waals surface area contributed by atoms with Crippen LogP contribution in [0, 0.1) is 17.8 Å². The molecule has 3 aromatic rings. The third-order valence-corrected chi connectivity index (χ3v) is 17.1. The van der Waals surface area contributed by atoms with E-state index in [0.717, 1.165) is 16.7 Å². The van der Waals surface area contributed by atoms with Gasteiger partial charge in [-0.3, -0.25) is 14.5 Å². The molecule has 3 saturated heterocycles. The topological polar surface area (TPSA) is 241 Å². The average molecular weight is 1140 g/mol. The Kier molecular flexibility index (Phi) is 24.4. The second-order valence-electron chi connectivity index (χ2n) is 23.4. The molecule has 3 aliphatic heterocycles. The summed E-state index contributed by atoms with van der Waals surface area (Å²) in [4.78, 5) is 27.1. The summed E-state index contributed by atoms with van der Waals surface area (Å²) >= 11 is 6.11. The number of rotatable bonds is 15. The fourth-order valence-corrected chi connectivity index (χ4v) is 12.6. The Hall–Kier alpha value is -4.19. The number of esters is 1. The van der Waals surface area contributed by atoms with Crippen molar-refractivity contribution in [2.75, 3.05) is 40.8 Å². The molecule has 3 fully saturated rings. The van der Waals surface area contributed by atoms with Crippen LogP contribution in [-0.2, 0) is 43.5 Å². The monoisotopic (exact) mass is 1140 g/mol. The van der Waals surface area contributed by atoms with Gasteiger partial charge in [0.25, 0.3) is 6.47 Å². The zero-order chi connectivity index (χ0) is 59.3. The van der Waals surface area contributed by atoms with Gasteiger partial charge in [0.05, 0.1) is 41.5 Å². The van der Waals surface area contributed by atoms with E-state index in [1.807, 2.05) is 101 Å². The number of benzene rings is 3. The van der Waals surface area contributed by atoms with Crippen molar-refractivity contribution in [2.45, 2.75) is 197 Å². The van der Waals surface area contributed by atoms with Gasteiger partial charge in [0.2, 0.25) is 0 Å². The Morgan fingerprint density at radius 1 is 0.850 bits per heavy atom. The molecule has 0 bridgehead atoms. The van der Waals surface area contributed by atoms with Crippen LogP contribution >= 0.6 is 12.2 Å². The van der Waals surface area contributed by atoms with Crippen LogP contribution in [0.1, 0.15) is 118 Å². The Labute approximate surface area is 480 Å². The maximum Gasteiger partial charge on any atom is 0.311 e. The number of nitrogens with zero attached hydrogens (tertiary/aromatic N) is 2. The Morgan fingerprint density at radius 3 is 1.89 bits per heavy atom. The van der Waals surface area contributed by atoms with E-state index in [-0.39, 0.29) is 43.8 Å². The third-order valence-electron chi connectivity index (χ3n) is 16.9. The van der Waals surface area contributed by atoms with Crippen molar-refractivity contribution in [1.82, 2.24) is 20.4 Å². The number of hydrogen-bond acceptors (Lipinski definition) is 16. The molecule has 0 aromatic heterocycles. The van der Waals surface area contributed by atoms with Crippen LogP contribution in [-0.4, -0.2) is 189 Å². The number of carbonyl (C=O) groups is 2. The molecule has 0 radical (unpaired) electrons. The minimum Gasteiger partial charge on any atom is -0.483 e. The molecular weight excluding hydrogens is 1040 g/mol. The van der Waals surface area contributed by atoms with Crippen LogP contribution in [0.2, 0.25) is 0 Å². The van der Waals surface area contributed by atoms with Gasteiger partial charge < -0.3 is 74.6 Å². The molecule has 8 N–H and O–H groups in total. The molecule has 0 unspecified atom stereocenters. The van der Waals surface area contributed by atoms with Gasteiger partial charge in [-0.05, 0) is 123 Å². The lowest BCUT2D eigenvalue weighted by Crippen LogP contribution is -2.60. The van der Waals surface area contributed by atoms with Crippen molar-refractivity contribution < 1.29 is 68.6 Å². The molecule has 18 nitrogen and oxygen atoms in total. The highest BCUT2D eigenvalue weighted by molar-refractivity contribution is 7.80. The number of methoxy groups -OCH3 is 1.